The van der Waals surface area contributed by atoms with Gasteiger partial charge in [0.1, 0.15) is 0 Å². The number of hydrogen-bond donors (Lipinski definition) is 2. The lowest BCUT2D eigenvalue weighted by molar-refractivity contribution is -0.109. The van der Waals surface area contributed by atoms with Gasteiger partial charge in [0.2, 0.25) is 6.41 Å². The summed E-state index contributed by atoms with van der Waals surface area (Å²) in [5, 5.41) is 5.38. The second-order valence-electron chi connectivity index (χ2n) is 4.02. The first-order chi connectivity index (χ1) is 9.29. The molecular formula is C15H14N2O2. The van der Waals surface area contributed by atoms with Crippen LogP contribution in [0.2, 0.25) is 0 Å². The van der Waals surface area contributed by atoms with Crippen molar-refractivity contribution in [2.24, 2.45) is 0 Å². The molecule has 4 nitrogen and oxygen atoms in total. The van der Waals surface area contributed by atoms with Crippen molar-refractivity contribution in [3.63, 3.8) is 0 Å². The van der Waals surface area contributed by atoms with E-state index in [2.05, 4.69) is 10.6 Å². The van der Waals surface area contributed by atoms with Crippen LogP contribution in [0.4, 0.5) is 5.69 Å². The molecule has 4 heteroatoms. The van der Waals surface area contributed by atoms with Crippen LogP contribution in [0.1, 0.15) is 15.9 Å². The van der Waals surface area contributed by atoms with Gasteiger partial charge < -0.3 is 10.6 Å². The Hall–Kier alpha value is -2.62. The average molecular weight is 254 g/mol. The van der Waals surface area contributed by atoms with E-state index in [0.717, 1.165) is 11.3 Å². The first kappa shape index (κ1) is 12.8. The van der Waals surface area contributed by atoms with Crippen LogP contribution in [-0.2, 0) is 11.3 Å². The van der Waals surface area contributed by atoms with Gasteiger partial charge in [-0.15, -0.1) is 0 Å². The molecule has 2 aromatic rings. The Morgan fingerprint density at radius 3 is 2.32 bits per heavy atom. The number of para-hydroxylation sites is 1. The van der Waals surface area contributed by atoms with Crippen LogP contribution in [0.5, 0.6) is 0 Å². The second-order valence-corrected chi connectivity index (χ2v) is 4.02. The molecule has 0 heterocycles. The van der Waals surface area contributed by atoms with Crippen LogP contribution in [0.3, 0.4) is 0 Å². The summed E-state index contributed by atoms with van der Waals surface area (Å²) in [6.45, 7) is 0.462. The monoisotopic (exact) mass is 254 g/mol. The third kappa shape index (κ3) is 3.67. The largest absolute Gasteiger partial charge is 0.355 e. The van der Waals surface area contributed by atoms with Crippen molar-refractivity contribution in [1.82, 2.24) is 5.32 Å². The molecule has 2 rings (SSSR count). The Bertz CT molecular complexity index is 550. The van der Waals surface area contributed by atoms with Crippen molar-refractivity contribution in [2.75, 3.05) is 5.32 Å². The molecular weight excluding hydrogens is 240 g/mol. The fourth-order valence-electron chi connectivity index (χ4n) is 1.66. The maximum Gasteiger partial charge on any atom is 0.255 e. The van der Waals surface area contributed by atoms with Crippen molar-refractivity contribution in [2.45, 2.75) is 6.54 Å². The standard InChI is InChI=1S/C15H14N2O2/c18-11-16-10-12-6-8-13(9-7-12)15(19)17-14-4-2-1-3-5-14/h1-9,11H,10H2,(H,16,18)(H,17,19). The third-order valence-electron chi connectivity index (χ3n) is 2.64. The molecule has 0 aliphatic heterocycles. The fraction of sp³-hybridized carbons (Fsp3) is 0.0667. The number of carbonyl (C=O) groups is 2. The summed E-state index contributed by atoms with van der Waals surface area (Å²) in [5.41, 5.74) is 2.29. The molecule has 0 aliphatic rings. The summed E-state index contributed by atoms with van der Waals surface area (Å²) in [4.78, 5) is 22.1. The molecule has 0 atom stereocenters. The molecule has 0 spiro atoms. The van der Waals surface area contributed by atoms with E-state index in [1.54, 1.807) is 12.1 Å². The van der Waals surface area contributed by atoms with E-state index in [1.165, 1.54) is 0 Å². The summed E-state index contributed by atoms with van der Waals surface area (Å²) >= 11 is 0. The van der Waals surface area contributed by atoms with Crippen LogP contribution in [-0.4, -0.2) is 12.3 Å². The van der Waals surface area contributed by atoms with E-state index in [0.29, 0.717) is 18.5 Å². The molecule has 0 aliphatic carbocycles. The summed E-state index contributed by atoms with van der Waals surface area (Å²) in [6, 6.07) is 16.4. The van der Waals surface area contributed by atoms with Gasteiger partial charge >= 0.3 is 0 Å². The van der Waals surface area contributed by atoms with Gasteiger partial charge in [-0.2, -0.15) is 0 Å². The molecule has 2 amide bonds. The Labute approximate surface area is 111 Å². The number of amides is 2. The maximum absolute atomic E-state index is 12.0. The van der Waals surface area contributed by atoms with E-state index in [9.17, 15) is 9.59 Å². The molecule has 0 aromatic heterocycles. The smallest absolute Gasteiger partial charge is 0.255 e. The fourth-order valence-corrected chi connectivity index (χ4v) is 1.66. The van der Waals surface area contributed by atoms with Crippen molar-refractivity contribution in [1.29, 1.82) is 0 Å². The summed E-state index contributed by atoms with van der Waals surface area (Å²) in [7, 11) is 0. The van der Waals surface area contributed by atoms with Gasteiger partial charge in [-0.1, -0.05) is 30.3 Å². The van der Waals surface area contributed by atoms with E-state index < -0.39 is 0 Å². The molecule has 19 heavy (non-hydrogen) atoms. The topological polar surface area (TPSA) is 58.2 Å². The number of hydrogen-bond acceptors (Lipinski definition) is 2. The molecule has 0 fully saturated rings. The zero-order valence-electron chi connectivity index (χ0n) is 10.3. The minimum absolute atomic E-state index is 0.152. The van der Waals surface area contributed by atoms with Crippen LogP contribution in [0.25, 0.3) is 0 Å². The highest BCUT2D eigenvalue weighted by Crippen LogP contribution is 2.09. The first-order valence-corrected chi connectivity index (χ1v) is 5.92. The van der Waals surface area contributed by atoms with Crippen molar-refractivity contribution in [3.05, 3.63) is 65.7 Å². The average Bonchev–Trinajstić information content (AvgIpc) is 2.46. The van der Waals surface area contributed by atoms with Crippen molar-refractivity contribution >= 4 is 18.0 Å². The third-order valence-corrected chi connectivity index (χ3v) is 2.64. The highest BCUT2D eigenvalue weighted by molar-refractivity contribution is 6.04. The second kappa shape index (κ2) is 6.35. The Morgan fingerprint density at radius 2 is 1.68 bits per heavy atom. The minimum atomic E-state index is -0.152. The molecule has 0 radical (unpaired) electrons. The van der Waals surface area contributed by atoms with Crippen LogP contribution >= 0.6 is 0 Å². The predicted molar refractivity (Wildman–Crippen MR) is 73.7 cm³/mol. The normalized spacial score (nSPS) is 9.68. The summed E-state index contributed by atoms with van der Waals surface area (Å²) < 4.78 is 0. The Kier molecular flexibility index (Phi) is 4.29. The summed E-state index contributed by atoms with van der Waals surface area (Å²) in [6.07, 6.45) is 0.649. The van der Waals surface area contributed by atoms with Crippen molar-refractivity contribution in [3.8, 4) is 0 Å². The van der Waals surface area contributed by atoms with Gasteiger partial charge in [-0.25, -0.2) is 0 Å². The highest BCUT2D eigenvalue weighted by atomic mass is 16.1. The Balaban J connectivity index is 2.01. The van der Waals surface area contributed by atoms with Crippen LogP contribution < -0.4 is 10.6 Å². The number of nitrogens with one attached hydrogen (secondary N) is 2. The van der Waals surface area contributed by atoms with Gasteiger partial charge in [0.15, 0.2) is 0 Å². The van der Waals surface area contributed by atoms with Gasteiger partial charge in [0.25, 0.3) is 5.91 Å². The molecule has 0 unspecified atom stereocenters. The highest BCUT2D eigenvalue weighted by Gasteiger charge is 2.05. The van der Waals surface area contributed by atoms with Crippen molar-refractivity contribution < 1.29 is 9.59 Å². The van der Waals surface area contributed by atoms with Crippen LogP contribution in [0, 0.1) is 0 Å². The molecule has 96 valence electrons. The molecule has 0 saturated carbocycles. The number of benzene rings is 2. The van der Waals surface area contributed by atoms with Gasteiger partial charge in [-0.05, 0) is 29.8 Å². The Morgan fingerprint density at radius 1 is 1.00 bits per heavy atom. The molecule has 2 N–H and O–H groups in total. The van der Waals surface area contributed by atoms with Crippen LogP contribution in [0.15, 0.2) is 54.6 Å². The van der Waals surface area contributed by atoms with E-state index in [1.807, 2.05) is 42.5 Å². The zero-order valence-corrected chi connectivity index (χ0v) is 10.3. The molecule has 2 aromatic carbocycles. The maximum atomic E-state index is 12.0. The van der Waals surface area contributed by atoms with Gasteiger partial charge in [0.05, 0.1) is 0 Å². The number of rotatable bonds is 5. The number of carbonyl (C=O) groups excluding carboxylic acids is 2. The van der Waals surface area contributed by atoms with E-state index >= 15 is 0 Å². The molecule has 0 saturated heterocycles. The van der Waals surface area contributed by atoms with E-state index in [-0.39, 0.29) is 5.91 Å². The lowest BCUT2D eigenvalue weighted by Crippen LogP contribution is -2.13. The first-order valence-electron chi connectivity index (χ1n) is 5.92. The lowest BCUT2D eigenvalue weighted by Gasteiger charge is -2.06. The summed E-state index contributed by atoms with van der Waals surface area (Å²) in [5.74, 6) is -0.152. The minimum Gasteiger partial charge on any atom is -0.355 e. The van der Waals surface area contributed by atoms with Gasteiger partial charge in [0, 0.05) is 17.8 Å². The quantitative estimate of drug-likeness (QED) is 0.803. The zero-order chi connectivity index (χ0) is 13.5. The lowest BCUT2D eigenvalue weighted by atomic mass is 10.1. The molecule has 0 bridgehead atoms. The SMILES string of the molecule is O=CNCc1ccc(C(=O)Nc2ccccc2)cc1. The van der Waals surface area contributed by atoms with E-state index in [4.69, 9.17) is 0 Å². The van der Waals surface area contributed by atoms with Gasteiger partial charge in [-0.3, -0.25) is 9.59 Å². The predicted octanol–water partition coefficient (Wildman–Crippen LogP) is 2.18. The number of anilines is 1.